The van der Waals surface area contributed by atoms with Gasteiger partial charge in [-0.2, -0.15) is 0 Å². The average Bonchev–Trinajstić information content (AvgIpc) is 2.77. The Morgan fingerprint density at radius 2 is 2.05 bits per heavy atom. The van der Waals surface area contributed by atoms with Crippen molar-refractivity contribution in [3.63, 3.8) is 0 Å². The van der Waals surface area contributed by atoms with E-state index in [4.69, 9.17) is 0 Å². The lowest BCUT2D eigenvalue weighted by Gasteiger charge is -2.17. The van der Waals surface area contributed by atoms with E-state index in [1.807, 2.05) is 19.9 Å². The molecule has 1 aromatic carbocycles. The molecule has 110 valence electrons. The number of thiophene rings is 1. The van der Waals surface area contributed by atoms with Crippen LogP contribution in [0.1, 0.15) is 25.7 Å². The van der Waals surface area contributed by atoms with Gasteiger partial charge < -0.3 is 4.90 Å². The van der Waals surface area contributed by atoms with E-state index in [-0.39, 0.29) is 11.6 Å². The van der Waals surface area contributed by atoms with Gasteiger partial charge in [-0.15, -0.1) is 11.3 Å². The molecule has 21 heavy (non-hydrogen) atoms. The largest absolute Gasteiger partial charge is 0.337 e. The van der Waals surface area contributed by atoms with Crippen molar-refractivity contribution < 1.29 is 9.72 Å². The first-order valence-electron chi connectivity index (χ1n) is 6.44. The smallest absolute Gasteiger partial charge is 0.269 e. The number of nitrogens with zero attached hydrogens (tertiary/aromatic N) is 2. The van der Waals surface area contributed by atoms with Crippen molar-refractivity contribution in [2.24, 2.45) is 0 Å². The fraction of sp³-hybridized carbons (Fsp3) is 0.267. The zero-order chi connectivity index (χ0) is 15.6. The highest BCUT2D eigenvalue weighted by Gasteiger charge is 2.17. The first-order valence-corrected chi connectivity index (χ1v) is 7.26. The molecule has 0 aliphatic heterocycles. The lowest BCUT2D eigenvalue weighted by Crippen LogP contribution is -2.26. The minimum absolute atomic E-state index is 0.0379. The Labute approximate surface area is 127 Å². The van der Waals surface area contributed by atoms with Crippen molar-refractivity contribution in [1.82, 2.24) is 4.90 Å². The zero-order valence-electron chi connectivity index (χ0n) is 12.1. The minimum atomic E-state index is -0.433. The fourth-order valence-corrected chi connectivity index (χ4v) is 3.08. The van der Waals surface area contributed by atoms with Crippen molar-refractivity contribution >= 4 is 22.9 Å². The molecule has 5 nitrogen and oxygen atoms in total. The number of hydrogen-bond acceptors (Lipinski definition) is 4. The van der Waals surface area contributed by atoms with Crippen molar-refractivity contribution in [3.05, 3.63) is 61.3 Å². The second-order valence-corrected chi connectivity index (χ2v) is 6.38. The molecule has 0 aliphatic rings. The van der Waals surface area contributed by atoms with Gasteiger partial charge in [-0.1, -0.05) is 12.1 Å². The predicted octanol–water partition coefficient (Wildman–Crippen LogP) is 3.55. The van der Waals surface area contributed by atoms with Crippen LogP contribution in [0.3, 0.4) is 0 Å². The van der Waals surface area contributed by atoms with Gasteiger partial charge in [-0.25, -0.2) is 0 Å². The van der Waals surface area contributed by atoms with Crippen LogP contribution in [0.5, 0.6) is 0 Å². The van der Waals surface area contributed by atoms with Crippen LogP contribution >= 0.6 is 11.3 Å². The van der Waals surface area contributed by atoms with Crippen LogP contribution in [0.15, 0.2) is 30.3 Å². The molecular formula is C15H16N2O3S. The SMILES string of the molecule is Cc1cc(C(=O)N(C)Cc2cccc([N+](=O)[O-])c2)c(C)s1. The molecule has 0 fully saturated rings. The molecule has 0 aliphatic carbocycles. The van der Waals surface area contributed by atoms with Crippen LogP contribution in [0.4, 0.5) is 5.69 Å². The van der Waals surface area contributed by atoms with Crippen LogP contribution in [0.2, 0.25) is 0 Å². The second kappa shape index (κ2) is 6.05. The molecule has 0 spiro atoms. The predicted molar refractivity (Wildman–Crippen MR) is 82.7 cm³/mol. The Morgan fingerprint density at radius 3 is 2.62 bits per heavy atom. The number of carbonyl (C=O) groups is 1. The first kappa shape index (κ1) is 15.2. The lowest BCUT2D eigenvalue weighted by atomic mass is 10.1. The molecule has 6 heteroatoms. The van der Waals surface area contributed by atoms with Crippen LogP contribution < -0.4 is 0 Å². The molecule has 2 aromatic rings. The standard InChI is InChI=1S/C15H16N2O3S/c1-10-7-14(11(2)21-10)15(18)16(3)9-12-5-4-6-13(8-12)17(19)20/h4-8H,9H2,1-3H3. The van der Waals surface area contributed by atoms with E-state index in [1.54, 1.807) is 35.4 Å². The van der Waals surface area contributed by atoms with E-state index in [0.29, 0.717) is 12.1 Å². The zero-order valence-corrected chi connectivity index (χ0v) is 12.9. The number of benzene rings is 1. The van der Waals surface area contributed by atoms with E-state index in [1.165, 1.54) is 12.1 Å². The number of rotatable bonds is 4. The third-order valence-corrected chi connectivity index (χ3v) is 4.13. The van der Waals surface area contributed by atoms with Gasteiger partial charge in [-0.05, 0) is 25.5 Å². The number of carbonyl (C=O) groups excluding carboxylic acids is 1. The Balaban J connectivity index is 2.16. The molecule has 0 bridgehead atoms. The summed E-state index contributed by atoms with van der Waals surface area (Å²) in [7, 11) is 1.70. The maximum Gasteiger partial charge on any atom is 0.269 e. The number of nitro groups is 1. The van der Waals surface area contributed by atoms with E-state index in [0.717, 1.165) is 15.3 Å². The van der Waals surface area contributed by atoms with Gasteiger partial charge >= 0.3 is 0 Å². The van der Waals surface area contributed by atoms with Crippen LogP contribution in [0, 0.1) is 24.0 Å². The summed E-state index contributed by atoms with van der Waals surface area (Å²) >= 11 is 1.59. The summed E-state index contributed by atoms with van der Waals surface area (Å²) < 4.78 is 0. The van der Waals surface area contributed by atoms with E-state index in [2.05, 4.69) is 0 Å². The molecule has 0 N–H and O–H groups in total. The topological polar surface area (TPSA) is 63.5 Å². The Hall–Kier alpha value is -2.21. The number of amides is 1. The third-order valence-electron chi connectivity index (χ3n) is 3.16. The van der Waals surface area contributed by atoms with Gasteiger partial charge in [0.15, 0.2) is 0 Å². The number of non-ortho nitro benzene ring substituents is 1. The third kappa shape index (κ3) is 3.46. The molecule has 0 saturated heterocycles. The van der Waals surface area contributed by atoms with Crippen molar-refractivity contribution in [1.29, 1.82) is 0 Å². The van der Waals surface area contributed by atoms with E-state index in [9.17, 15) is 14.9 Å². The molecule has 2 rings (SSSR count). The Morgan fingerprint density at radius 1 is 1.33 bits per heavy atom. The number of aryl methyl sites for hydroxylation is 2. The van der Waals surface area contributed by atoms with Gasteiger partial charge in [0.2, 0.25) is 0 Å². The summed E-state index contributed by atoms with van der Waals surface area (Å²) in [4.78, 5) is 26.4. The highest BCUT2D eigenvalue weighted by molar-refractivity contribution is 7.12. The van der Waals surface area contributed by atoms with Crippen molar-refractivity contribution in [2.45, 2.75) is 20.4 Å². The Bertz CT molecular complexity index is 694. The van der Waals surface area contributed by atoms with Gasteiger partial charge in [0.1, 0.15) is 0 Å². The molecule has 1 heterocycles. The van der Waals surface area contributed by atoms with Gasteiger partial charge in [0.25, 0.3) is 11.6 Å². The number of nitro benzene ring substituents is 1. The summed E-state index contributed by atoms with van der Waals surface area (Å²) in [6.07, 6.45) is 0. The Kier molecular flexibility index (Phi) is 4.37. The molecule has 0 atom stereocenters. The second-order valence-electron chi connectivity index (χ2n) is 4.92. The first-order chi connectivity index (χ1) is 9.88. The number of hydrogen-bond donors (Lipinski definition) is 0. The monoisotopic (exact) mass is 304 g/mol. The van der Waals surface area contributed by atoms with Crippen LogP contribution in [-0.2, 0) is 6.54 Å². The summed E-state index contributed by atoms with van der Waals surface area (Å²) in [5, 5.41) is 10.8. The van der Waals surface area contributed by atoms with E-state index < -0.39 is 4.92 Å². The van der Waals surface area contributed by atoms with Gasteiger partial charge in [0.05, 0.1) is 10.5 Å². The molecule has 0 radical (unpaired) electrons. The minimum Gasteiger partial charge on any atom is -0.337 e. The molecule has 0 unspecified atom stereocenters. The average molecular weight is 304 g/mol. The van der Waals surface area contributed by atoms with E-state index >= 15 is 0 Å². The highest BCUT2D eigenvalue weighted by atomic mass is 32.1. The van der Waals surface area contributed by atoms with Crippen LogP contribution in [0.25, 0.3) is 0 Å². The summed E-state index contributed by atoms with van der Waals surface area (Å²) in [5.74, 6) is -0.0663. The quantitative estimate of drug-likeness (QED) is 0.641. The normalized spacial score (nSPS) is 10.4. The molecule has 1 aromatic heterocycles. The van der Waals surface area contributed by atoms with Crippen LogP contribution in [-0.4, -0.2) is 22.8 Å². The van der Waals surface area contributed by atoms with Crippen molar-refractivity contribution in [3.8, 4) is 0 Å². The summed E-state index contributed by atoms with van der Waals surface area (Å²) in [6.45, 7) is 4.23. The molecule has 0 saturated carbocycles. The maximum absolute atomic E-state index is 12.4. The molecular weight excluding hydrogens is 288 g/mol. The van der Waals surface area contributed by atoms with Gasteiger partial charge in [-0.3, -0.25) is 14.9 Å². The summed E-state index contributed by atoms with van der Waals surface area (Å²) in [5.41, 5.74) is 1.48. The molecule has 1 amide bonds. The fourth-order valence-electron chi connectivity index (χ4n) is 2.16. The highest BCUT2D eigenvalue weighted by Crippen LogP contribution is 2.22. The maximum atomic E-state index is 12.4. The summed E-state index contributed by atoms with van der Waals surface area (Å²) in [6, 6.07) is 8.23. The lowest BCUT2D eigenvalue weighted by molar-refractivity contribution is -0.384. The van der Waals surface area contributed by atoms with Gasteiger partial charge in [0, 0.05) is 35.5 Å². The van der Waals surface area contributed by atoms with Crippen molar-refractivity contribution in [2.75, 3.05) is 7.05 Å².